The van der Waals surface area contributed by atoms with Gasteiger partial charge >= 0.3 is 11.9 Å². The van der Waals surface area contributed by atoms with E-state index >= 15 is 0 Å². The van der Waals surface area contributed by atoms with E-state index in [1.807, 2.05) is 0 Å². The van der Waals surface area contributed by atoms with Gasteiger partial charge in [0.2, 0.25) is 0 Å². The number of rotatable bonds is 5. The molecule has 0 spiro atoms. The Labute approximate surface area is 115 Å². The Bertz CT molecular complexity index is 631. The number of benzene rings is 1. The highest BCUT2D eigenvalue weighted by Gasteiger charge is 2.13. The molecule has 0 radical (unpaired) electrons. The molecule has 0 fully saturated rings. The molecule has 0 aliphatic carbocycles. The van der Waals surface area contributed by atoms with Crippen LogP contribution < -0.4 is 5.73 Å². The number of nitrogens with two attached hydrogens (primary N) is 1. The highest BCUT2D eigenvalue weighted by atomic mass is 16.4. The van der Waals surface area contributed by atoms with Crippen LogP contribution >= 0.6 is 0 Å². The lowest BCUT2D eigenvalue weighted by Crippen LogP contribution is -2.32. The van der Waals surface area contributed by atoms with E-state index in [4.69, 9.17) is 15.9 Å². The first-order valence-corrected chi connectivity index (χ1v) is 5.97. The minimum atomic E-state index is -1.05. The van der Waals surface area contributed by atoms with Crippen LogP contribution in [0.5, 0.6) is 0 Å². The lowest BCUT2D eigenvalue weighted by Gasteiger charge is -2.09. The van der Waals surface area contributed by atoms with Crippen LogP contribution in [0.2, 0.25) is 0 Å². The summed E-state index contributed by atoms with van der Waals surface area (Å²) in [4.78, 5) is 21.7. The molecule has 0 amide bonds. The number of aliphatic carboxylic acids is 1. The van der Waals surface area contributed by atoms with E-state index in [2.05, 4.69) is 0 Å². The van der Waals surface area contributed by atoms with E-state index in [0.29, 0.717) is 5.69 Å². The smallest absolute Gasteiger partial charge is 0.352 e. The molecular weight excluding hydrogens is 260 g/mol. The lowest BCUT2D eigenvalue weighted by molar-refractivity contribution is -0.138. The zero-order chi connectivity index (χ0) is 14.7. The van der Waals surface area contributed by atoms with Crippen LogP contribution in [-0.4, -0.2) is 32.8 Å². The monoisotopic (exact) mass is 274 g/mol. The topological polar surface area (TPSA) is 106 Å². The van der Waals surface area contributed by atoms with Crippen LogP contribution in [0.3, 0.4) is 0 Å². The molecule has 4 N–H and O–H groups in total. The van der Waals surface area contributed by atoms with Crippen molar-refractivity contribution in [1.82, 2.24) is 4.57 Å². The summed E-state index contributed by atoms with van der Waals surface area (Å²) in [6, 6.07) is 9.16. The molecule has 1 heterocycles. The summed E-state index contributed by atoms with van der Waals surface area (Å²) < 4.78 is 1.54. The van der Waals surface area contributed by atoms with E-state index in [0.717, 1.165) is 5.56 Å². The van der Waals surface area contributed by atoms with Gasteiger partial charge in [0.25, 0.3) is 0 Å². The van der Waals surface area contributed by atoms with Crippen LogP contribution in [0.1, 0.15) is 16.1 Å². The number of aromatic nitrogens is 1. The normalized spacial score (nSPS) is 12.1. The molecular formula is C14H14N2O4. The van der Waals surface area contributed by atoms with E-state index in [1.165, 1.54) is 6.07 Å². The van der Waals surface area contributed by atoms with Crippen molar-refractivity contribution in [2.45, 2.75) is 12.5 Å². The summed E-state index contributed by atoms with van der Waals surface area (Å²) in [6.07, 6.45) is 1.88. The first-order chi connectivity index (χ1) is 9.49. The third kappa shape index (κ3) is 2.86. The van der Waals surface area contributed by atoms with Crippen molar-refractivity contribution in [2.75, 3.05) is 0 Å². The molecule has 1 atom stereocenters. The van der Waals surface area contributed by atoms with Gasteiger partial charge < -0.3 is 20.5 Å². The van der Waals surface area contributed by atoms with Gasteiger partial charge in [-0.05, 0) is 36.2 Å². The fourth-order valence-corrected chi connectivity index (χ4v) is 1.91. The van der Waals surface area contributed by atoms with Crippen LogP contribution in [0.4, 0.5) is 0 Å². The van der Waals surface area contributed by atoms with Crippen molar-refractivity contribution in [3.05, 3.63) is 53.9 Å². The Morgan fingerprint density at radius 1 is 1.15 bits per heavy atom. The summed E-state index contributed by atoms with van der Waals surface area (Å²) >= 11 is 0. The number of nitrogens with zero attached hydrogens (tertiary/aromatic N) is 1. The predicted octanol–water partition coefficient (Wildman–Crippen LogP) is 1.13. The predicted molar refractivity (Wildman–Crippen MR) is 72.0 cm³/mol. The quantitative estimate of drug-likeness (QED) is 0.758. The fourth-order valence-electron chi connectivity index (χ4n) is 1.91. The highest BCUT2D eigenvalue weighted by molar-refractivity contribution is 5.86. The van der Waals surface area contributed by atoms with E-state index in [-0.39, 0.29) is 12.1 Å². The molecule has 0 bridgehead atoms. The van der Waals surface area contributed by atoms with Crippen LogP contribution in [0, 0.1) is 0 Å². The molecule has 6 heteroatoms. The molecule has 6 nitrogen and oxygen atoms in total. The average molecular weight is 274 g/mol. The van der Waals surface area contributed by atoms with Gasteiger partial charge in [0.15, 0.2) is 0 Å². The molecule has 0 saturated carbocycles. The van der Waals surface area contributed by atoms with Gasteiger partial charge in [0, 0.05) is 11.9 Å². The van der Waals surface area contributed by atoms with Crippen molar-refractivity contribution >= 4 is 11.9 Å². The second-order valence-electron chi connectivity index (χ2n) is 4.38. The van der Waals surface area contributed by atoms with Gasteiger partial charge in [0.05, 0.1) is 0 Å². The molecule has 0 unspecified atom stereocenters. The molecule has 0 aliphatic heterocycles. The zero-order valence-electron chi connectivity index (χ0n) is 10.6. The third-order valence-electron chi connectivity index (χ3n) is 2.96. The second-order valence-corrected chi connectivity index (χ2v) is 4.38. The fraction of sp³-hybridized carbons (Fsp3) is 0.143. The minimum absolute atomic E-state index is 0.167. The molecule has 2 rings (SSSR count). The Balaban J connectivity index is 2.22. The molecule has 20 heavy (non-hydrogen) atoms. The summed E-state index contributed by atoms with van der Waals surface area (Å²) in [5, 5.41) is 17.8. The minimum Gasteiger partial charge on any atom is -0.480 e. The Hall–Kier alpha value is -2.60. The molecule has 1 aromatic carbocycles. The zero-order valence-corrected chi connectivity index (χ0v) is 10.6. The molecule has 0 aliphatic rings. The number of hydrogen-bond donors (Lipinski definition) is 3. The lowest BCUT2D eigenvalue weighted by atomic mass is 10.1. The first kappa shape index (κ1) is 13.8. The molecule has 0 saturated heterocycles. The van der Waals surface area contributed by atoms with Crippen LogP contribution in [0.25, 0.3) is 5.69 Å². The SMILES string of the molecule is N[C@@H](Cc1ccc(-n2cccc2C(=O)O)cc1)C(=O)O. The van der Waals surface area contributed by atoms with Crippen molar-refractivity contribution in [3.8, 4) is 5.69 Å². The molecule has 2 aromatic rings. The summed E-state index contributed by atoms with van der Waals surface area (Å²) in [5.74, 6) is -2.06. The van der Waals surface area contributed by atoms with Crippen molar-refractivity contribution in [1.29, 1.82) is 0 Å². The van der Waals surface area contributed by atoms with E-state index < -0.39 is 18.0 Å². The van der Waals surface area contributed by atoms with E-state index in [9.17, 15) is 9.59 Å². The van der Waals surface area contributed by atoms with Crippen molar-refractivity contribution < 1.29 is 19.8 Å². The number of hydrogen-bond acceptors (Lipinski definition) is 3. The van der Waals surface area contributed by atoms with Gasteiger partial charge in [-0.2, -0.15) is 0 Å². The van der Waals surface area contributed by atoms with Gasteiger partial charge in [-0.15, -0.1) is 0 Å². The van der Waals surface area contributed by atoms with Gasteiger partial charge in [-0.1, -0.05) is 12.1 Å². The number of carboxylic acids is 2. The van der Waals surface area contributed by atoms with Gasteiger partial charge in [-0.3, -0.25) is 4.79 Å². The first-order valence-electron chi connectivity index (χ1n) is 5.97. The second kappa shape index (κ2) is 5.58. The summed E-state index contributed by atoms with van der Waals surface area (Å²) in [7, 11) is 0. The number of carboxylic acid groups (broad SMARTS) is 2. The molecule has 1 aromatic heterocycles. The average Bonchev–Trinajstić information content (AvgIpc) is 2.88. The Morgan fingerprint density at radius 2 is 1.80 bits per heavy atom. The van der Waals surface area contributed by atoms with Crippen LogP contribution in [0.15, 0.2) is 42.6 Å². The number of aromatic carboxylic acids is 1. The maximum atomic E-state index is 11.0. The van der Waals surface area contributed by atoms with Gasteiger partial charge in [0.1, 0.15) is 11.7 Å². The highest BCUT2D eigenvalue weighted by Crippen LogP contribution is 2.14. The maximum absolute atomic E-state index is 11.0. The number of carbonyl (C=O) groups is 2. The summed E-state index contributed by atoms with van der Waals surface area (Å²) in [5.41, 5.74) is 7.11. The van der Waals surface area contributed by atoms with Crippen LogP contribution in [-0.2, 0) is 11.2 Å². The van der Waals surface area contributed by atoms with Gasteiger partial charge in [-0.25, -0.2) is 4.79 Å². The van der Waals surface area contributed by atoms with Crippen molar-refractivity contribution in [3.63, 3.8) is 0 Å². The summed E-state index contributed by atoms with van der Waals surface area (Å²) in [6.45, 7) is 0. The van der Waals surface area contributed by atoms with E-state index in [1.54, 1.807) is 41.1 Å². The molecule has 104 valence electrons. The Kier molecular flexibility index (Phi) is 3.86. The Morgan fingerprint density at radius 3 is 2.35 bits per heavy atom. The van der Waals surface area contributed by atoms with Crippen molar-refractivity contribution in [2.24, 2.45) is 5.73 Å². The third-order valence-corrected chi connectivity index (χ3v) is 2.96. The largest absolute Gasteiger partial charge is 0.480 e. The maximum Gasteiger partial charge on any atom is 0.352 e. The standard InChI is InChI=1S/C14H14N2O4/c15-11(13(17)18)8-9-3-5-10(6-4-9)16-7-1-2-12(16)14(19)20/h1-7,11H,8,15H2,(H,17,18)(H,19,20)/t11-/m0/s1.